The number of likely N-dealkylation sites (tertiary alicyclic amines) is 1. The molecule has 0 bridgehead atoms. The van der Waals surface area contributed by atoms with Crippen LogP contribution in [0.15, 0.2) is 88.7 Å². The van der Waals surface area contributed by atoms with Crippen LogP contribution >= 0.6 is 0 Å². The van der Waals surface area contributed by atoms with Gasteiger partial charge in [-0.2, -0.15) is 5.10 Å². The molecule has 6 nitrogen and oxygen atoms in total. The van der Waals surface area contributed by atoms with Crippen LogP contribution in [0.1, 0.15) is 86.5 Å². The Morgan fingerprint density at radius 3 is 2.56 bits per heavy atom. The monoisotopic (exact) mass is 602 g/mol. The van der Waals surface area contributed by atoms with Crippen LogP contribution in [0.5, 0.6) is 0 Å². The second-order valence-electron chi connectivity index (χ2n) is 12.3. The quantitative estimate of drug-likeness (QED) is 0.175. The maximum absolute atomic E-state index is 13.0. The van der Waals surface area contributed by atoms with Crippen LogP contribution in [0.4, 0.5) is 0 Å². The van der Waals surface area contributed by atoms with Gasteiger partial charge in [-0.1, -0.05) is 68.3 Å². The van der Waals surface area contributed by atoms with Gasteiger partial charge in [0.05, 0.1) is 17.9 Å². The van der Waals surface area contributed by atoms with E-state index >= 15 is 0 Å². The van der Waals surface area contributed by atoms with Crippen LogP contribution in [0.3, 0.4) is 0 Å². The minimum absolute atomic E-state index is 0.153. The van der Waals surface area contributed by atoms with Gasteiger partial charge in [-0.05, 0) is 106 Å². The maximum Gasteiger partial charge on any atom is 0.267 e. The molecule has 3 aromatic rings. The number of carbonyl (C=O) groups is 1. The topological polar surface area (TPSA) is 67.6 Å². The van der Waals surface area contributed by atoms with Gasteiger partial charge in [0, 0.05) is 35.4 Å². The van der Waals surface area contributed by atoms with Crippen molar-refractivity contribution >= 4 is 23.8 Å². The highest BCUT2D eigenvalue weighted by molar-refractivity contribution is 6.14. The van der Waals surface area contributed by atoms with Gasteiger partial charge in [0.2, 0.25) is 0 Å². The summed E-state index contributed by atoms with van der Waals surface area (Å²) in [7, 11) is 0. The molecule has 0 N–H and O–H groups in total. The van der Waals surface area contributed by atoms with Gasteiger partial charge in [-0.3, -0.25) is 14.6 Å². The number of allylic oxidation sites excluding steroid dienone is 3. The van der Waals surface area contributed by atoms with Crippen LogP contribution in [0, 0.1) is 6.92 Å². The first-order valence-electron chi connectivity index (χ1n) is 16.6. The van der Waals surface area contributed by atoms with Gasteiger partial charge < -0.3 is 4.90 Å². The number of ketones is 1. The third-order valence-electron chi connectivity index (χ3n) is 8.66. The van der Waals surface area contributed by atoms with Crippen LogP contribution in [0.2, 0.25) is 0 Å². The number of benzene rings is 2. The van der Waals surface area contributed by atoms with Gasteiger partial charge >= 0.3 is 0 Å². The first kappa shape index (κ1) is 32.2. The minimum Gasteiger partial charge on any atom is -0.303 e. The Labute approximate surface area is 267 Å². The first-order chi connectivity index (χ1) is 22.0. The zero-order valence-corrected chi connectivity index (χ0v) is 26.7. The normalized spacial score (nSPS) is 18.3. The van der Waals surface area contributed by atoms with E-state index in [2.05, 4.69) is 35.8 Å². The summed E-state index contributed by atoms with van der Waals surface area (Å²) >= 11 is 0. The molecule has 5 rings (SSSR count). The van der Waals surface area contributed by atoms with Crippen molar-refractivity contribution in [2.75, 3.05) is 19.6 Å². The maximum atomic E-state index is 13.0. The van der Waals surface area contributed by atoms with Gasteiger partial charge in [0.1, 0.15) is 0 Å². The number of carbonyl (C=O) groups excluding carboxylic acids is 1. The molecule has 45 heavy (non-hydrogen) atoms. The van der Waals surface area contributed by atoms with Crippen LogP contribution in [-0.4, -0.2) is 46.3 Å². The first-order valence-corrected chi connectivity index (χ1v) is 16.6. The molecule has 1 fully saturated rings. The molecular formula is C39H46N4O2. The van der Waals surface area contributed by atoms with Crippen LogP contribution in [-0.2, 0) is 11.3 Å². The van der Waals surface area contributed by atoms with E-state index in [4.69, 9.17) is 10.1 Å². The third kappa shape index (κ3) is 9.41. The fraction of sp³-hybridized carbons (Fsp3) is 0.385. The van der Waals surface area contributed by atoms with Crippen molar-refractivity contribution in [2.24, 2.45) is 4.99 Å². The third-order valence-corrected chi connectivity index (χ3v) is 8.66. The number of aryl methyl sites for hydroxylation is 1. The molecule has 2 aromatic carbocycles. The van der Waals surface area contributed by atoms with Crippen molar-refractivity contribution in [2.45, 2.75) is 77.7 Å². The number of nitrogens with zero attached hydrogens (tertiary/aromatic N) is 4. The SMILES string of the molecule is C=Cc1cc(C)cc(-c2ccc(=O)n(Cc3cccc(C4=C/CC\C=C(C(=O)CCCCCCCN5CCCC5)/C=N/4)c3)n2)c1. The number of rotatable bonds is 14. The van der Waals surface area contributed by atoms with Gasteiger partial charge in [0.25, 0.3) is 5.56 Å². The van der Waals surface area contributed by atoms with E-state index in [-0.39, 0.29) is 11.3 Å². The van der Waals surface area contributed by atoms with E-state index < -0.39 is 0 Å². The van der Waals surface area contributed by atoms with Gasteiger partial charge in [-0.25, -0.2) is 4.68 Å². The molecule has 3 heterocycles. The number of hydrogen-bond donors (Lipinski definition) is 0. The Bertz CT molecular complexity index is 1640. The van der Waals surface area contributed by atoms with Gasteiger partial charge in [0.15, 0.2) is 5.78 Å². The summed E-state index contributed by atoms with van der Waals surface area (Å²) in [6.07, 6.45) is 18.4. The molecule has 6 heteroatoms. The Balaban J connectivity index is 1.18. The van der Waals surface area contributed by atoms with Crippen molar-refractivity contribution in [3.63, 3.8) is 0 Å². The smallest absolute Gasteiger partial charge is 0.267 e. The molecule has 0 amide bonds. The lowest BCUT2D eigenvalue weighted by molar-refractivity contribution is -0.115. The number of unbranched alkanes of at least 4 members (excludes halogenated alkanes) is 4. The lowest BCUT2D eigenvalue weighted by Gasteiger charge is -2.13. The molecule has 0 saturated carbocycles. The number of aromatic nitrogens is 2. The average Bonchev–Trinajstić information content (AvgIpc) is 3.55. The molecule has 2 aliphatic heterocycles. The Hall–Kier alpha value is -4.16. The lowest BCUT2D eigenvalue weighted by atomic mass is 10.0. The molecular weight excluding hydrogens is 556 g/mol. The van der Waals surface area contributed by atoms with Gasteiger partial charge in [-0.15, -0.1) is 0 Å². The number of hydrogen-bond acceptors (Lipinski definition) is 5. The van der Waals surface area contributed by atoms with Crippen molar-refractivity contribution in [3.8, 4) is 11.3 Å². The zero-order valence-electron chi connectivity index (χ0n) is 26.7. The second-order valence-corrected chi connectivity index (χ2v) is 12.3. The highest BCUT2D eigenvalue weighted by Gasteiger charge is 2.12. The van der Waals surface area contributed by atoms with E-state index in [1.807, 2.05) is 43.3 Å². The number of Topliss-reactive ketones (excluding diaryl/α,β-unsaturated/α-hetero) is 1. The average molecular weight is 603 g/mol. The van der Waals surface area contributed by atoms with Crippen molar-refractivity contribution in [1.82, 2.24) is 14.7 Å². The van der Waals surface area contributed by atoms with Crippen LogP contribution < -0.4 is 5.56 Å². The fourth-order valence-corrected chi connectivity index (χ4v) is 6.18. The summed E-state index contributed by atoms with van der Waals surface area (Å²) in [5, 5.41) is 4.69. The molecule has 0 radical (unpaired) electrons. The summed E-state index contributed by atoms with van der Waals surface area (Å²) in [5.41, 5.74) is 7.15. The highest BCUT2D eigenvalue weighted by Crippen LogP contribution is 2.23. The Morgan fingerprint density at radius 2 is 1.71 bits per heavy atom. The van der Waals surface area contributed by atoms with E-state index in [1.165, 1.54) is 56.4 Å². The molecule has 0 aliphatic carbocycles. The second kappa shape index (κ2) is 16.2. The summed E-state index contributed by atoms with van der Waals surface area (Å²) in [6.45, 7) is 10.0. The predicted molar refractivity (Wildman–Crippen MR) is 186 cm³/mol. The van der Waals surface area contributed by atoms with E-state index in [9.17, 15) is 9.59 Å². The summed E-state index contributed by atoms with van der Waals surface area (Å²) in [5.74, 6) is 0.185. The van der Waals surface area contributed by atoms with E-state index in [0.717, 1.165) is 64.9 Å². The van der Waals surface area contributed by atoms with E-state index in [0.29, 0.717) is 18.5 Å². The van der Waals surface area contributed by atoms with Crippen molar-refractivity contribution in [3.05, 3.63) is 112 Å². The molecule has 0 atom stereocenters. The Morgan fingerprint density at radius 1 is 0.911 bits per heavy atom. The zero-order chi connectivity index (χ0) is 31.4. The summed E-state index contributed by atoms with van der Waals surface area (Å²) in [6, 6.07) is 17.6. The lowest BCUT2D eigenvalue weighted by Crippen LogP contribution is -2.22. The molecule has 1 saturated heterocycles. The molecule has 0 unspecified atom stereocenters. The largest absolute Gasteiger partial charge is 0.303 e. The molecule has 2 aliphatic rings. The minimum atomic E-state index is -0.153. The van der Waals surface area contributed by atoms with Crippen LogP contribution in [0.25, 0.3) is 23.0 Å². The Kier molecular flexibility index (Phi) is 11.6. The predicted octanol–water partition coefficient (Wildman–Crippen LogP) is 8.05. The number of aliphatic imine (C=N–C) groups is 1. The highest BCUT2D eigenvalue weighted by atomic mass is 16.1. The molecule has 1 aromatic heterocycles. The standard InChI is InChI=1S/C39H46N4O2/c1-3-31-24-30(2)25-35(26-31)37-19-20-39(45)43(41-37)29-32-14-13-16-33(27-32)36-17-9-8-15-34(28-40-36)38(44)18-7-5-4-6-10-21-42-22-11-12-23-42/h3,13-17,19-20,24-28H,1,4-12,18,21-23,29H2,2H3/b34-15+,36-17+,40-28+. The summed E-state index contributed by atoms with van der Waals surface area (Å²) in [4.78, 5) is 33.1. The molecule has 0 spiro atoms. The summed E-state index contributed by atoms with van der Waals surface area (Å²) < 4.78 is 1.51. The van der Waals surface area contributed by atoms with Crippen molar-refractivity contribution < 1.29 is 4.79 Å². The fourth-order valence-electron chi connectivity index (χ4n) is 6.18. The molecule has 234 valence electrons. The van der Waals surface area contributed by atoms with E-state index in [1.54, 1.807) is 18.3 Å². The van der Waals surface area contributed by atoms with Crippen molar-refractivity contribution in [1.29, 1.82) is 0 Å².